The van der Waals surface area contributed by atoms with Gasteiger partial charge in [0.25, 0.3) is 5.91 Å². The Morgan fingerprint density at radius 3 is 2.79 bits per heavy atom. The lowest BCUT2D eigenvalue weighted by Crippen LogP contribution is -2.40. The molecule has 1 unspecified atom stereocenters. The fraction of sp³-hybridized carbons (Fsp3) is 0.333. The van der Waals surface area contributed by atoms with Gasteiger partial charge in [-0.3, -0.25) is 4.79 Å². The molecule has 1 amide bonds. The zero-order valence-corrected chi connectivity index (χ0v) is 10.4. The number of nitrogens with zero attached hydrogens (tertiary/aromatic N) is 2. The molecule has 2 aromatic rings. The number of aromatic nitrogens is 3. The van der Waals surface area contributed by atoms with Crippen molar-refractivity contribution in [2.75, 3.05) is 0 Å². The third-order valence-electron chi connectivity index (χ3n) is 2.76. The second kappa shape index (κ2) is 5.47. The summed E-state index contributed by atoms with van der Waals surface area (Å²) < 4.78 is 0. The molecule has 0 spiro atoms. The van der Waals surface area contributed by atoms with Crippen LogP contribution in [0.5, 0.6) is 0 Å². The molecule has 1 aromatic carbocycles. The first-order valence-corrected chi connectivity index (χ1v) is 5.96. The minimum atomic E-state index is -1.03. The summed E-state index contributed by atoms with van der Waals surface area (Å²) in [5.41, 5.74) is 1.58. The quantitative estimate of drug-likeness (QED) is 0.743. The molecule has 19 heavy (non-hydrogen) atoms. The molecule has 0 aliphatic rings. The molecule has 100 valence electrons. The molecule has 7 heteroatoms. The van der Waals surface area contributed by atoms with Crippen LogP contribution in [0.2, 0.25) is 0 Å². The van der Waals surface area contributed by atoms with Crippen molar-refractivity contribution >= 4 is 22.9 Å². The van der Waals surface area contributed by atoms with E-state index in [-0.39, 0.29) is 0 Å². The molecule has 0 aliphatic carbocycles. The van der Waals surface area contributed by atoms with E-state index in [1.165, 1.54) is 0 Å². The molecule has 0 saturated carbocycles. The molecular formula is C12H14N4O3. The first kappa shape index (κ1) is 13.0. The van der Waals surface area contributed by atoms with Crippen LogP contribution in [-0.2, 0) is 4.79 Å². The van der Waals surface area contributed by atoms with E-state index in [2.05, 4.69) is 20.7 Å². The minimum Gasteiger partial charge on any atom is -0.480 e. The van der Waals surface area contributed by atoms with Crippen molar-refractivity contribution in [1.82, 2.24) is 20.7 Å². The Morgan fingerprint density at radius 2 is 2.11 bits per heavy atom. The van der Waals surface area contributed by atoms with Crippen LogP contribution in [0.15, 0.2) is 18.2 Å². The maximum absolute atomic E-state index is 12.0. The van der Waals surface area contributed by atoms with E-state index in [0.717, 1.165) is 0 Å². The maximum Gasteiger partial charge on any atom is 0.326 e. The number of carbonyl (C=O) groups excluding carboxylic acids is 1. The highest BCUT2D eigenvalue weighted by molar-refractivity contribution is 5.98. The lowest BCUT2D eigenvalue weighted by Gasteiger charge is -2.13. The molecule has 1 atom stereocenters. The summed E-state index contributed by atoms with van der Waals surface area (Å²) in [6.07, 6.45) is 1.08. The topological polar surface area (TPSA) is 108 Å². The molecule has 0 aliphatic heterocycles. The highest BCUT2D eigenvalue weighted by Gasteiger charge is 2.19. The second-order valence-electron chi connectivity index (χ2n) is 4.18. The zero-order chi connectivity index (χ0) is 13.8. The summed E-state index contributed by atoms with van der Waals surface area (Å²) in [4.78, 5) is 23.0. The predicted molar refractivity (Wildman–Crippen MR) is 67.7 cm³/mol. The zero-order valence-electron chi connectivity index (χ0n) is 10.4. The van der Waals surface area contributed by atoms with Gasteiger partial charge in [-0.25, -0.2) is 4.79 Å². The van der Waals surface area contributed by atoms with E-state index in [4.69, 9.17) is 5.11 Å². The van der Waals surface area contributed by atoms with Gasteiger partial charge in [-0.1, -0.05) is 13.3 Å². The number of hydrogen-bond acceptors (Lipinski definition) is 4. The Kier molecular flexibility index (Phi) is 3.74. The first-order valence-electron chi connectivity index (χ1n) is 5.96. The van der Waals surface area contributed by atoms with Crippen LogP contribution in [-0.4, -0.2) is 38.4 Å². The van der Waals surface area contributed by atoms with E-state index < -0.39 is 17.9 Å². The predicted octanol–water partition coefficient (Wildman–Crippen LogP) is 0.941. The van der Waals surface area contributed by atoms with Gasteiger partial charge in [0, 0.05) is 5.56 Å². The summed E-state index contributed by atoms with van der Waals surface area (Å²) in [5.74, 6) is -1.46. The van der Waals surface area contributed by atoms with E-state index in [1.54, 1.807) is 18.2 Å². The fourth-order valence-corrected chi connectivity index (χ4v) is 1.77. The number of carboxylic acid groups (broad SMARTS) is 1. The van der Waals surface area contributed by atoms with Crippen LogP contribution in [0.4, 0.5) is 0 Å². The maximum atomic E-state index is 12.0. The second-order valence-corrected chi connectivity index (χ2v) is 4.18. The third-order valence-corrected chi connectivity index (χ3v) is 2.76. The number of benzene rings is 1. The van der Waals surface area contributed by atoms with Crippen molar-refractivity contribution in [1.29, 1.82) is 0 Å². The number of aromatic amines is 1. The fourth-order valence-electron chi connectivity index (χ4n) is 1.77. The molecule has 0 saturated heterocycles. The summed E-state index contributed by atoms with van der Waals surface area (Å²) in [6, 6.07) is 3.94. The summed E-state index contributed by atoms with van der Waals surface area (Å²) in [6.45, 7) is 1.86. The van der Waals surface area contributed by atoms with E-state index in [9.17, 15) is 9.59 Å². The Labute approximate surface area is 109 Å². The van der Waals surface area contributed by atoms with E-state index >= 15 is 0 Å². The van der Waals surface area contributed by atoms with Crippen molar-refractivity contribution in [3.8, 4) is 0 Å². The largest absolute Gasteiger partial charge is 0.480 e. The normalized spacial score (nSPS) is 12.3. The van der Waals surface area contributed by atoms with Crippen molar-refractivity contribution in [3.63, 3.8) is 0 Å². The number of carbonyl (C=O) groups is 2. The molecule has 2 rings (SSSR count). The van der Waals surface area contributed by atoms with Gasteiger partial charge in [-0.15, -0.1) is 0 Å². The van der Waals surface area contributed by atoms with Gasteiger partial charge in [-0.05, 0) is 24.6 Å². The number of aliphatic carboxylic acids is 1. The van der Waals surface area contributed by atoms with Gasteiger partial charge in [0.15, 0.2) is 0 Å². The highest BCUT2D eigenvalue weighted by Crippen LogP contribution is 2.11. The van der Waals surface area contributed by atoms with Crippen LogP contribution in [0, 0.1) is 0 Å². The first-order chi connectivity index (χ1) is 9.11. The van der Waals surface area contributed by atoms with Gasteiger partial charge in [-0.2, -0.15) is 15.4 Å². The van der Waals surface area contributed by atoms with Crippen LogP contribution in [0.25, 0.3) is 11.0 Å². The standard InChI is InChI=1S/C12H14N4O3/c1-2-3-9(12(18)19)13-11(17)7-4-5-8-10(6-7)15-16-14-8/h4-6,9H,2-3H2,1H3,(H,13,17)(H,18,19)(H,14,15,16). The Balaban J connectivity index is 2.16. The minimum absolute atomic E-state index is 0.365. The van der Waals surface area contributed by atoms with Crippen molar-refractivity contribution in [2.24, 2.45) is 0 Å². The van der Waals surface area contributed by atoms with Gasteiger partial charge in [0.05, 0.1) is 0 Å². The third kappa shape index (κ3) is 2.87. The highest BCUT2D eigenvalue weighted by atomic mass is 16.4. The number of hydrogen-bond donors (Lipinski definition) is 3. The molecule has 1 heterocycles. The van der Waals surface area contributed by atoms with Crippen molar-refractivity contribution in [2.45, 2.75) is 25.8 Å². The molecule has 0 fully saturated rings. The van der Waals surface area contributed by atoms with Gasteiger partial charge in [0.2, 0.25) is 0 Å². The van der Waals surface area contributed by atoms with Gasteiger partial charge < -0.3 is 10.4 Å². The summed E-state index contributed by atoms with van der Waals surface area (Å²) in [7, 11) is 0. The Hall–Kier alpha value is -2.44. The lowest BCUT2D eigenvalue weighted by molar-refractivity contribution is -0.139. The lowest BCUT2D eigenvalue weighted by atomic mass is 10.1. The van der Waals surface area contributed by atoms with Crippen LogP contribution < -0.4 is 5.32 Å². The number of fused-ring (bicyclic) bond motifs is 1. The molecular weight excluding hydrogens is 248 g/mol. The molecule has 7 nitrogen and oxygen atoms in total. The molecule has 3 N–H and O–H groups in total. The Bertz CT molecular complexity index is 608. The van der Waals surface area contributed by atoms with Crippen molar-refractivity contribution in [3.05, 3.63) is 23.8 Å². The molecule has 0 radical (unpaired) electrons. The van der Waals surface area contributed by atoms with Gasteiger partial charge in [0.1, 0.15) is 17.1 Å². The smallest absolute Gasteiger partial charge is 0.326 e. The SMILES string of the molecule is CCCC(NC(=O)c1ccc2n[nH]nc2c1)C(=O)O. The number of H-pyrrole nitrogens is 1. The molecule has 1 aromatic heterocycles. The van der Waals surface area contributed by atoms with E-state index in [0.29, 0.717) is 29.4 Å². The monoisotopic (exact) mass is 262 g/mol. The van der Waals surface area contributed by atoms with Gasteiger partial charge >= 0.3 is 5.97 Å². The molecule has 0 bridgehead atoms. The van der Waals surface area contributed by atoms with Crippen LogP contribution in [0.3, 0.4) is 0 Å². The van der Waals surface area contributed by atoms with Crippen LogP contribution >= 0.6 is 0 Å². The Morgan fingerprint density at radius 1 is 1.37 bits per heavy atom. The number of nitrogens with one attached hydrogen (secondary N) is 2. The number of rotatable bonds is 5. The average Bonchev–Trinajstić information content (AvgIpc) is 2.85. The number of carboxylic acids is 1. The average molecular weight is 262 g/mol. The summed E-state index contributed by atoms with van der Waals surface area (Å²) in [5, 5.41) is 21.7. The number of amides is 1. The van der Waals surface area contributed by atoms with Crippen molar-refractivity contribution < 1.29 is 14.7 Å². The van der Waals surface area contributed by atoms with E-state index in [1.807, 2.05) is 6.92 Å². The summed E-state index contributed by atoms with van der Waals surface area (Å²) >= 11 is 0. The van der Waals surface area contributed by atoms with Crippen LogP contribution in [0.1, 0.15) is 30.1 Å².